The van der Waals surface area contributed by atoms with E-state index in [1.54, 1.807) is 17.0 Å². The van der Waals surface area contributed by atoms with E-state index in [2.05, 4.69) is 22.0 Å². The van der Waals surface area contributed by atoms with Crippen molar-refractivity contribution in [1.29, 1.82) is 5.26 Å². The highest BCUT2D eigenvalue weighted by molar-refractivity contribution is 9.10. The Morgan fingerprint density at radius 3 is 2.55 bits per heavy atom. The number of non-ortho nitro benzene ring substituents is 1. The number of halogens is 1. The molecule has 31 heavy (non-hydrogen) atoms. The summed E-state index contributed by atoms with van der Waals surface area (Å²) in [6, 6.07) is 10.1. The molecule has 0 saturated heterocycles. The van der Waals surface area contributed by atoms with Crippen molar-refractivity contribution >= 4 is 44.4 Å². The number of nitro benzene ring substituents is 1. The van der Waals surface area contributed by atoms with Gasteiger partial charge in [0.2, 0.25) is 0 Å². The zero-order valence-electron chi connectivity index (χ0n) is 16.9. The van der Waals surface area contributed by atoms with Crippen LogP contribution in [0.4, 0.5) is 11.4 Å². The van der Waals surface area contributed by atoms with Crippen molar-refractivity contribution < 1.29 is 9.72 Å². The van der Waals surface area contributed by atoms with Gasteiger partial charge in [-0.25, -0.2) is 0 Å². The Bertz CT molecular complexity index is 1200. The Hall–Kier alpha value is -2.96. The van der Waals surface area contributed by atoms with Crippen LogP contribution in [0, 0.1) is 26.9 Å². The van der Waals surface area contributed by atoms with Crippen LogP contribution in [-0.4, -0.2) is 10.7 Å². The van der Waals surface area contributed by atoms with Crippen molar-refractivity contribution in [1.82, 2.24) is 0 Å². The fourth-order valence-electron chi connectivity index (χ4n) is 4.29. The number of carbonyl (C=O) groups is 1. The van der Waals surface area contributed by atoms with Gasteiger partial charge in [-0.15, -0.1) is 11.3 Å². The lowest BCUT2D eigenvalue weighted by atomic mass is 9.69. The molecule has 2 aliphatic rings. The van der Waals surface area contributed by atoms with Crippen LogP contribution in [0.5, 0.6) is 0 Å². The van der Waals surface area contributed by atoms with E-state index in [1.165, 1.54) is 23.5 Å². The monoisotopic (exact) mass is 498 g/mol. The van der Waals surface area contributed by atoms with Crippen LogP contribution in [-0.2, 0) is 4.79 Å². The minimum Gasteiger partial charge on any atom is -0.384 e. The van der Waals surface area contributed by atoms with E-state index in [4.69, 9.17) is 5.73 Å². The lowest BCUT2D eigenvalue weighted by molar-refractivity contribution is -0.384. The molecule has 4 rings (SSSR count). The van der Waals surface area contributed by atoms with Crippen LogP contribution in [0.2, 0.25) is 0 Å². The van der Waals surface area contributed by atoms with Gasteiger partial charge in [0.15, 0.2) is 5.78 Å². The summed E-state index contributed by atoms with van der Waals surface area (Å²) in [5.74, 6) is -0.280. The molecule has 158 valence electrons. The molecule has 1 atom stereocenters. The fourth-order valence-corrected chi connectivity index (χ4v) is 5.85. The van der Waals surface area contributed by atoms with Gasteiger partial charge in [0, 0.05) is 50.2 Å². The number of nitrogens with zero attached hydrogens (tertiary/aromatic N) is 3. The number of carbonyl (C=O) groups excluding carboxylic acids is 1. The average molecular weight is 499 g/mol. The predicted octanol–water partition coefficient (Wildman–Crippen LogP) is 5.36. The summed E-state index contributed by atoms with van der Waals surface area (Å²) < 4.78 is 0.881. The van der Waals surface area contributed by atoms with Crippen molar-refractivity contribution in [2.45, 2.75) is 32.6 Å². The number of Topliss-reactive ketones (excluding diaryl/α,β-unsaturated/α-hetero) is 1. The Balaban J connectivity index is 1.96. The van der Waals surface area contributed by atoms with Crippen LogP contribution in [0.25, 0.3) is 0 Å². The Labute approximate surface area is 191 Å². The number of benzene rings is 1. The van der Waals surface area contributed by atoms with Crippen LogP contribution >= 0.6 is 27.3 Å². The third-order valence-electron chi connectivity index (χ3n) is 5.57. The lowest BCUT2D eigenvalue weighted by Gasteiger charge is -2.43. The standard InChI is InChI=1S/C22H19BrN4O3S/c1-22(2)8-16-20(17(28)9-22)19(18-7-12(23)11-31-18)15(10-24)21(25)26(16)13-3-5-14(6-4-13)27(29)30/h3-7,11,19H,8-9,25H2,1-2H3/t19-/m1/s1. The van der Waals surface area contributed by atoms with E-state index >= 15 is 0 Å². The summed E-state index contributed by atoms with van der Waals surface area (Å²) in [4.78, 5) is 26.6. The van der Waals surface area contributed by atoms with Gasteiger partial charge in [-0.05, 0) is 46.0 Å². The molecule has 0 unspecified atom stereocenters. The molecule has 2 aromatic rings. The molecule has 0 fully saturated rings. The molecule has 2 heterocycles. The van der Waals surface area contributed by atoms with Crippen molar-refractivity contribution in [3.8, 4) is 6.07 Å². The van der Waals surface area contributed by atoms with E-state index in [0.29, 0.717) is 29.7 Å². The molecule has 9 heteroatoms. The van der Waals surface area contributed by atoms with Gasteiger partial charge in [-0.3, -0.25) is 19.8 Å². The molecule has 1 aromatic carbocycles. The van der Waals surface area contributed by atoms with Gasteiger partial charge >= 0.3 is 0 Å². The first-order valence-corrected chi connectivity index (χ1v) is 11.2. The van der Waals surface area contributed by atoms with E-state index in [-0.39, 0.29) is 22.7 Å². The summed E-state index contributed by atoms with van der Waals surface area (Å²) in [5.41, 5.74) is 8.44. The zero-order valence-corrected chi connectivity index (χ0v) is 19.3. The number of nitrogens with two attached hydrogens (primary N) is 1. The van der Waals surface area contributed by atoms with Crippen LogP contribution < -0.4 is 10.6 Å². The SMILES string of the molecule is CC1(C)CC(=O)C2=C(C1)N(c1ccc([N+](=O)[O-])cc1)C(N)=C(C#N)[C@@H]2c1cc(Br)cs1. The number of rotatable bonds is 3. The first kappa shape index (κ1) is 21.3. The van der Waals surface area contributed by atoms with Gasteiger partial charge in [-0.1, -0.05) is 13.8 Å². The number of hydrogen-bond acceptors (Lipinski definition) is 7. The predicted molar refractivity (Wildman–Crippen MR) is 122 cm³/mol. The topological polar surface area (TPSA) is 113 Å². The van der Waals surface area contributed by atoms with Crippen molar-refractivity contribution in [3.05, 3.63) is 77.8 Å². The van der Waals surface area contributed by atoms with Crippen LogP contribution in [0.1, 0.15) is 37.5 Å². The second-order valence-corrected chi connectivity index (χ2v) is 10.3. The molecular weight excluding hydrogens is 480 g/mol. The van der Waals surface area contributed by atoms with E-state index in [9.17, 15) is 20.2 Å². The third kappa shape index (κ3) is 3.66. The number of ketones is 1. The maximum atomic E-state index is 13.4. The summed E-state index contributed by atoms with van der Waals surface area (Å²) in [6.45, 7) is 4.05. The zero-order chi connectivity index (χ0) is 22.5. The number of nitriles is 1. The Morgan fingerprint density at radius 1 is 1.32 bits per heavy atom. The van der Waals surface area contributed by atoms with Crippen molar-refractivity contribution in [2.75, 3.05) is 4.90 Å². The van der Waals surface area contributed by atoms with Crippen molar-refractivity contribution in [2.24, 2.45) is 11.1 Å². The minimum absolute atomic E-state index is 0.00654. The van der Waals surface area contributed by atoms with E-state index in [0.717, 1.165) is 15.0 Å². The largest absolute Gasteiger partial charge is 0.384 e. The molecule has 1 aliphatic carbocycles. The second kappa shape index (κ2) is 7.62. The second-order valence-electron chi connectivity index (χ2n) is 8.42. The number of hydrogen-bond donors (Lipinski definition) is 1. The first-order chi connectivity index (χ1) is 14.6. The highest BCUT2D eigenvalue weighted by Crippen LogP contribution is 2.51. The van der Waals surface area contributed by atoms with E-state index in [1.807, 2.05) is 25.3 Å². The summed E-state index contributed by atoms with van der Waals surface area (Å²) in [7, 11) is 0. The maximum absolute atomic E-state index is 13.4. The van der Waals surface area contributed by atoms with E-state index < -0.39 is 10.8 Å². The third-order valence-corrected chi connectivity index (χ3v) is 7.33. The number of nitro groups is 1. The smallest absolute Gasteiger partial charge is 0.269 e. The van der Waals surface area contributed by atoms with Crippen molar-refractivity contribution in [3.63, 3.8) is 0 Å². The molecule has 0 radical (unpaired) electrons. The fraction of sp³-hybridized carbons (Fsp3) is 0.273. The van der Waals surface area contributed by atoms with Gasteiger partial charge < -0.3 is 5.73 Å². The molecule has 7 nitrogen and oxygen atoms in total. The summed E-state index contributed by atoms with van der Waals surface area (Å²) in [5, 5.41) is 23.0. The number of allylic oxidation sites excluding steroid dienone is 3. The van der Waals surface area contributed by atoms with Crippen LogP contribution in [0.15, 0.2) is 62.8 Å². The Morgan fingerprint density at radius 2 is 2.00 bits per heavy atom. The van der Waals surface area contributed by atoms with Gasteiger partial charge in [0.25, 0.3) is 5.69 Å². The molecule has 2 N–H and O–H groups in total. The van der Waals surface area contributed by atoms with Gasteiger partial charge in [0.05, 0.1) is 22.5 Å². The molecule has 1 aliphatic heterocycles. The van der Waals surface area contributed by atoms with Crippen LogP contribution in [0.3, 0.4) is 0 Å². The minimum atomic E-state index is -0.519. The number of thiophene rings is 1. The lowest BCUT2D eigenvalue weighted by Crippen LogP contribution is -2.42. The Kier molecular flexibility index (Phi) is 5.23. The summed E-state index contributed by atoms with van der Waals surface area (Å²) in [6.07, 6.45) is 0.967. The van der Waals surface area contributed by atoms with Gasteiger partial charge in [-0.2, -0.15) is 5.26 Å². The molecule has 0 saturated carbocycles. The number of anilines is 1. The molecular formula is C22H19BrN4O3S. The average Bonchev–Trinajstić information content (AvgIpc) is 3.12. The molecule has 0 spiro atoms. The van der Waals surface area contributed by atoms with Gasteiger partial charge in [0.1, 0.15) is 5.82 Å². The highest BCUT2D eigenvalue weighted by atomic mass is 79.9. The maximum Gasteiger partial charge on any atom is 0.269 e. The molecule has 1 aromatic heterocycles. The molecule has 0 bridgehead atoms. The quantitative estimate of drug-likeness (QED) is 0.449. The normalized spacial score (nSPS) is 20.5. The highest BCUT2D eigenvalue weighted by Gasteiger charge is 2.45. The first-order valence-electron chi connectivity index (χ1n) is 9.57. The summed E-state index contributed by atoms with van der Waals surface area (Å²) >= 11 is 4.93. The molecule has 0 amide bonds.